The molecule has 0 unspecified atom stereocenters. The van der Waals surface area contributed by atoms with Crippen molar-refractivity contribution in [1.29, 1.82) is 0 Å². The highest BCUT2D eigenvalue weighted by molar-refractivity contribution is 6.30. The van der Waals surface area contributed by atoms with E-state index in [4.69, 9.17) is 11.6 Å². The van der Waals surface area contributed by atoms with Crippen LogP contribution in [0.4, 0.5) is 0 Å². The minimum atomic E-state index is -0.244. The molecule has 0 saturated carbocycles. The number of pyridine rings is 1. The van der Waals surface area contributed by atoms with Crippen LogP contribution in [-0.4, -0.2) is 19.6 Å². The number of nitrogens with one attached hydrogen (secondary N) is 1. The van der Waals surface area contributed by atoms with E-state index in [0.29, 0.717) is 22.1 Å². The van der Waals surface area contributed by atoms with Gasteiger partial charge in [-0.25, -0.2) is 0 Å². The summed E-state index contributed by atoms with van der Waals surface area (Å²) in [6.07, 6.45) is 1.70. The molecule has 3 heterocycles. The van der Waals surface area contributed by atoms with Gasteiger partial charge in [0.2, 0.25) is 0 Å². The molecule has 0 amide bonds. The first-order valence-corrected chi connectivity index (χ1v) is 9.06. The number of nitrogens with zero attached hydrogens (tertiary/aromatic N) is 3. The molecule has 0 atom stereocenters. The van der Waals surface area contributed by atoms with E-state index in [9.17, 15) is 4.79 Å². The Hall–Kier alpha value is -2.92. The quantitative estimate of drug-likeness (QED) is 0.549. The summed E-state index contributed by atoms with van der Waals surface area (Å²) >= 11 is 6.06. The van der Waals surface area contributed by atoms with E-state index >= 15 is 0 Å². The topological polar surface area (TPSA) is 63.1 Å². The minimum Gasteiger partial charge on any atom is -0.338 e. The number of aromatic amines is 1. The lowest BCUT2D eigenvalue weighted by atomic mass is 9.87. The second-order valence-corrected chi connectivity index (χ2v) is 7.91. The molecular weight excluding hydrogens is 360 g/mol. The van der Waals surface area contributed by atoms with Crippen molar-refractivity contribution in [3.63, 3.8) is 0 Å². The zero-order valence-corrected chi connectivity index (χ0v) is 16.1. The van der Waals surface area contributed by atoms with Gasteiger partial charge in [0.05, 0.1) is 17.1 Å². The third kappa shape index (κ3) is 3.15. The Bertz CT molecular complexity index is 1170. The van der Waals surface area contributed by atoms with Crippen LogP contribution in [0.15, 0.2) is 59.5 Å². The highest BCUT2D eigenvalue weighted by Crippen LogP contribution is 2.35. The summed E-state index contributed by atoms with van der Waals surface area (Å²) in [6, 6.07) is 14.7. The number of H-pyrrole nitrogens is 1. The van der Waals surface area contributed by atoms with E-state index in [0.717, 1.165) is 16.8 Å². The molecular formula is C21H19ClN4O. The molecule has 27 heavy (non-hydrogen) atoms. The van der Waals surface area contributed by atoms with Crippen molar-refractivity contribution in [1.82, 2.24) is 19.6 Å². The van der Waals surface area contributed by atoms with Gasteiger partial charge >= 0.3 is 0 Å². The fraction of sp³-hybridized carbons (Fsp3) is 0.190. The second-order valence-electron chi connectivity index (χ2n) is 7.48. The van der Waals surface area contributed by atoms with Gasteiger partial charge in [0, 0.05) is 28.3 Å². The summed E-state index contributed by atoms with van der Waals surface area (Å²) in [4.78, 5) is 20.5. The first kappa shape index (κ1) is 17.5. The standard InChI is InChI=1S/C21H19ClN4O/c1-21(2,3)19-18(13-7-9-14(22)10-8-13)20-24-16(12-17(27)26(20)25-19)15-6-4-5-11-23-15/h4-12,24H,1-3H3. The fourth-order valence-corrected chi connectivity index (χ4v) is 3.24. The lowest BCUT2D eigenvalue weighted by Crippen LogP contribution is -2.17. The van der Waals surface area contributed by atoms with Crippen molar-refractivity contribution < 1.29 is 0 Å². The van der Waals surface area contributed by atoms with Gasteiger partial charge in [0.25, 0.3) is 5.56 Å². The van der Waals surface area contributed by atoms with E-state index < -0.39 is 0 Å². The van der Waals surface area contributed by atoms with Gasteiger partial charge in [-0.3, -0.25) is 9.78 Å². The van der Waals surface area contributed by atoms with Crippen LogP contribution in [0.5, 0.6) is 0 Å². The Balaban J connectivity index is 2.07. The lowest BCUT2D eigenvalue weighted by Gasteiger charge is -2.17. The second kappa shape index (κ2) is 6.35. The molecule has 1 N–H and O–H groups in total. The number of fused-ring (bicyclic) bond motifs is 1. The van der Waals surface area contributed by atoms with Crippen LogP contribution in [0.25, 0.3) is 28.2 Å². The molecule has 0 spiro atoms. The molecule has 4 rings (SSSR count). The summed E-state index contributed by atoms with van der Waals surface area (Å²) in [6.45, 7) is 6.25. The van der Waals surface area contributed by atoms with Crippen molar-refractivity contribution in [2.75, 3.05) is 0 Å². The van der Waals surface area contributed by atoms with Gasteiger partial charge in [-0.05, 0) is 29.8 Å². The molecule has 3 aromatic heterocycles. The van der Waals surface area contributed by atoms with E-state index in [-0.39, 0.29) is 11.0 Å². The summed E-state index contributed by atoms with van der Waals surface area (Å²) in [5.41, 5.74) is 4.26. The Morgan fingerprint density at radius 1 is 1.07 bits per heavy atom. The lowest BCUT2D eigenvalue weighted by molar-refractivity contribution is 0.563. The van der Waals surface area contributed by atoms with E-state index in [1.807, 2.05) is 42.5 Å². The maximum absolute atomic E-state index is 12.8. The van der Waals surface area contributed by atoms with Gasteiger partial charge in [-0.15, -0.1) is 0 Å². The number of hydrogen-bond acceptors (Lipinski definition) is 3. The van der Waals surface area contributed by atoms with Crippen LogP contribution in [0.3, 0.4) is 0 Å². The van der Waals surface area contributed by atoms with Gasteiger partial charge in [0.1, 0.15) is 5.65 Å². The van der Waals surface area contributed by atoms with Crippen molar-refractivity contribution in [2.24, 2.45) is 0 Å². The Labute approximate surface area is 161 Å². The minimum absolute atomic E-state index is 0.199. The molecule has 136 valence electrons. The van der Waals surface area contributed by atoms with Crippen LogP contribution in [0.1, 0.15) is 26.5 Å². The Morgan fingerprint density at radius 2 is 1.81 bits per heavy atom. The molecule has 0 bridgehead atoms. The van der Waals surface area contributed by atoms with Gasteiger partial charge in [-0.1, -0.05) is 50.6 Å². The van der Waals surface area contributed by atoms with Crippen LogP contribution in [0, 0.1) is 0 Å². The third-order valence-electron chi connectivity index (χ3n) is 4.40. The molecule has 0 aliphatic rings. The predicted octanol–water partition coefficient (Wildman–Crippen LogP) is 4.70. The summed E-state index contributed by atoms with van der Waals surface area (Å²) in [5, 5.41) is 5.30. The molecule has 0 radical (unpaired) electrons. The zero-order chi connectivity index (χ0) is 19.2. The number of benzene rings is 1. The van der Waals surface area contributed by atoms with E-state index in [1.165, 1.54) is 10.6 Å². The third-order valence-corrected chi connectivity index (χ3v) is 4.65. The molecule has 6 heteroatoms. The average molecular weight is 379 g/mol. The molecule has 0 aliphatic heterocycles. The first-order valence-electron chi connectivity index (χ1n) is 8.68. The Morgan fingerprint density at radius 3 is 2.44 bits per heavy atom. The predicted molar refractivity (Wildman–Crippen MR) is 108 cm³/mol. The molecule has 0 fully saturated rings. The highest BCUT2D eigenvalue weighted by Gasteiger charge is 2.26. The van der Waals surface area contributed by atoms with Crippen LogP contribution in [-0.2, 0) is 5.41 Å². The molecule has 0 saturated heterocycles. The normalized spacial score (nSPS) is 11.9. The highest BCUT2D eigenvalue weighted by atomic mass is 35.5. The number of halogens is 1. The fourth-order valence-electron chi connectivity index (χ4n) is 3.12. The van der Waals surface area contributed by atoms with Crippen molar-refractivity contribution >= 4 is 17.2 Å². The molecule has 5 nitrogen and oxygen atoms in total. The van der Waals surface area contributed by atoms with Gasteiger partial charge < -0.3 is 4.98 Å². The van der Waals surface area contributed by atoms with Gasteiger partial charge in [0.15, 0.2) is 0 Å². The van der Waals surface area contributed by atoms with Crippen LogP contribution in [0.2, 0.25) is 5.02 Å². The largest absolute Gasteiger partial charge is 0.338 e. The summed E-state index contributed by atoms with van der Waals surface area (Å²) in [5.74, 6) is 0. The monoisotopic (exact) mass is 378 g/mol. The number of rotatable bonds is 2. The summed E-state index contributed by atoms with van der Waals surface area (Å²) in [7, 11) is 0. The van der Waals surface area contributed by atoms with Crippen molar-refractivity contribution in [2.45, 2.75) is 26.2 Å². The maximum atomic E-state index is 12.8. The molecule has 0 aliphatic carbocycles. The Kier molecular flexibility index (Phi) is 4.12. The van der Waals surface area contributed by atoms with Crippen LogP contribution >= 0.6 is 11.6 Å². The van der Waals surface area contributed by atoms with Gasteiger partial charge in [-0.2, -0.15) is 9.61 Å². The molecule has 1 aromatic carbocycles. The SMILES string of the molecule is CC(C)(C)c1nn2c(=O)cc(-c3ccccn3)[nH]c2c1-c1ccc(Cl)cc1. The smallest absolute Gasteiger partial charge is 0.274 e. The number of aromatic nitrogens is 4. The van der Waals surface area contributed by atoms with Crippen LogP contribution < -0.4 is 5.56 Å². The van der Waals surface area contributed by atoms with E-state index in [2.05, 4.69) is 35.8 Å². The van der Waals surface area contributed by atoms with Crippen molar-refractivity contribution in [3.05, 3.63) is 75.8 Å². The maximum Gasteiger partial charge on any atom is 0.274 e. The molecule has 4 aromatic rings. The van der Waals surface area contributed by atoms with E-state index in [1.54, 1.807) is 6.20 Å². The zero-order valence-electron chi connectivity index (χ0n) is 15.3. The summed E-state index contributed by atoms with van der Waals surface area (Å²) < 4.78 is 1.43. The van der Waals surface area contributed by atoms with Crippen molar-refractivity contribution in [3.8, 4) is 22.5 Å². The average Bonchev–Trinajstić information content (AvgIpc) is 3.04. The number of hydrogen-bond donors (Lipinski definition) is 1. The first-order chi connectivity index (χ1) is 12.8.